The number of rotatable bonds is 5. The highest BCUT2D eigenvalue weighted by Gasteiger charge is 2.41. The first-order valence-electron chi connectivity index (χ1n) is 6.99. The summed E-state index contributed by atoms with van der Waals surface area (Å²) in [6.45, 7) is 0. The van der Waals surface area contributed by atoms with Crippen molar-refractivity contribution in [2.24, 2.45) is 5.41 Å². The smallest absolute Gasteiger partial charge is 0.326 e. The second kappa shape index (κ2) is 7.01. The van der Waals surface area contributed by atoms with E-state index >= 15 is 0 Å². The van der Waals surface area contributed by atoms with Gasteiger partial charge in [-0.05, 0) is 23.3 Å². The molecule has 0 unspecified atom stereocenters. The number of hydrogen-bond acceptors (Lipinski definition) is 3. The molecule has 0 saturated carbocycles. The maximum atomic E-state index is 13.9. The summed E-state index contributed by atoms with van der Waals surface area (Å²) in [5, 5.41) is 9.59. The van der Waals surface area contributed by atoms with Crippen LogP contribution < -0.4 is 0 Å². The Morgan fingerprint density at radius 2 is 1.48 bits per heavy atom. The molecule has 2 rings (SSSR count). The van der Waals surface area contributed by atoms with Gasteiger partial charge in [0.2, 0.25) is 0 Å². The third kappa shape index (κ3) is 3.54. The molecule has 0 radical (unpaired) electrons. The van der Waals surface area contributed by atoms with Crippen molar-refractivity contribution in [3.8, 4) is 6.07 Å². The number of methoxy groups -OCH3 is 1. The van der Waals surface area contributed by atoms with Crippen molar-refractivity contribution >= 4 is 5.97 Å². The maximum Gasteiger partial charge on any atom is 0.326 e. The van der Waals surface area contributed by atoms with E-state index < -0.39 is 23.0 Å². The molecule has 0 N–H and O–H groups in total. The van der Waals surface area contributed by atoms with Crippen LogP contribution in [0, 0.1) is 28.4 Å². The van der Waals surface area contributed by atoms with Crippen LogP contribution in [0.4, 0.5) is 8.78 Å². The Kier molecular flexibility index (Phi) is 5.07. The van der Waals surface area contributed by atoms with Crippen molar-refractivity contribution in [2.45, 2.75) is 12.8 Å². The number of nitrogens with zero attached hydrogens (tertiary/aromatic N) is 1. The van der Waals surface area contributed by atoms with Crippen molar-refractivity contribution in [3.63, 3.8) is 0 Å². The number of benzene rings is 2. The van der Waals surface area contributed by atoms with E-state index in [1.54, 1.807) is 12.1 Å². The highest BCUT2D eigenvalue weighted by atomic mass is 19.1. The third-order valence-corrected chi connectivity index (χ3v) is 3.69. The van der Waals surface area contributed by atoms with Crippen LogP contribution in [0.2, 0.25) is 0 Å². The largest absolute Gasteiger partial charge is 0.468 e. The standard InChI is InChI=1S/C18H15F2NO2/c1-23-17(22)18(12-21,10-13-6-2-4-8-15(13)19)11-14-7-3-5-9-16(14)20/h2-9H,10-11H2,1H3. The summed E-state index contributed by atoms with van der Waals surface area (Å²) in [6, 6.07) is 13.6. The third-order valence-electron chi connectivity index (χ3n) is 3.69. The van der Waals surface area contributed by atoms with Crippen LogP contribution in [0.3, 0.4) is 0 Å². The summed E-state index contributed by atoms with van der Waals surface area (Å²) in [4.78, 5) is 12.2. The van der Waals surface area contributed by atoms with E-state index in [1.165, 1.54) is 36.4 Å². The van der Waals surface area contributed by atoms with Gasteiger partial charge in [-0.25, -0.2) is 8.78 Å². The second-order valence-corrected chi connectivity index (χ2v) is 5.22. The number of carbonyl (C=O) groups excluding carboxylic acids is 1. The Hall–Kier alpha value is -2.74. The first kappa shape index (κ1) is 16.6. The maximum absolute atomic E-state index is 13.9. The molecule has 0 aromatic heterocycles. The van der Waals surface area contributed by atoms with Crippen molar-refractivity contribution in [1.82, 2.24) is 0 Å². The van der Waals surface area contributed by atoms with Gasteiger partial charge < -0.3 is 4.74 Å². The van der Waals surface area contributed by atoms with Crippen LogP contribution in [-0.2, 0) is 22.4 Å². The van der Waals surface area contributed by atoms with Crippen LogP contribution >= 0.6 is 0 Å². The number of carbonyl (C=O) groups is 1. The van der Waals surface area contributed by atoms with Crippen LogP contribution in [0.5, 0.6) is 0 Å². The average Bonchev–Trinajstić information content (AvgIpc) is 2.57. The minimum atomic E-state index is -1.70. The van der Waals surface area contributed by atoms with Gasteiger partial charge in [0.05, 0.1) is 13.2 Å². The molecule has 0 saturated heterocycles. The summed E-state index contributed by atoms with van der Waals surface area (Å²) >= 11 is 0. The van der Waals surface area contributed by atoms with E-state index in [0.717, 1.165) is 7.11 Å². The summed E-state index contributed by atoms with van der Waals surface area (Å²) in [5.74, 6) is -1.86. The SMILES string of the molecule is COC(=O)C(C#N)(Cc1ccccc1F)Cc1ccccc1F. The van der Waals surface area contributed by atoms with E-state index in [2.05, 4.69) is 0 Å². The van der Waals surface area contributed by atoms with Crippen molar-refractivity contribution in [3.05, 3.63) is 71.3 Å². The van der Waals surface area contributed by atoms with Crippen LogP contribution in [0.25, 0.3) is 0 Å². The van der Waals surface area contributed by atoms with Gasteiger partial charge in [0.15, 0.2) is 5.41 Å². The first-order chi connectivity index (χ1) is 11.0. The summed E-state index contributed by atoms with van der Waals surface area (Å²) in [5.41, 5.74) is -1.29. The van der Waals surface area contributed by atoms with Gasteiger partial charge in [0, 0.05) is 12.8 Å². The Balaban J connectivity index is 2.45. The Labute approximate surface area is 133 Å². The lowest BCUT2D eigenvalue weighted by molar-refractivity contribution is -0.149. The Morgan fingerprint density at radius 3 is 1.83 bits per heavy atom. The predicted octanol–water partition coefficient (Wildman–Crippen LogP) is 3.43. The molecule has 2 aromatic carbocycles. The molecule has 0 bridgehead atoms. The van der Waals surface area contributed by atoms with Crippen molar-refractivity contribution in [2.75, 3.05) is 7.11 Å². The van der Waals surface area contributed by atoms with Gasteiger partial charge in [-0.1, -0.05) is 36.4 Å². The van der Waals surface area contributed by atoms with Gasteiger partial charge in [0.25, 0.3) is 0 Å². The van der Waals surface area contributed by atoms with E-state index in [4.69, 9.17) is 4.74 Å². The molecule has 0 spiro atoms. The minimum Gasteiger partial charge on any atom is -0.468 e. The zero-order valence-corrected chi connectivity index (χ0v) is 12.6. The fraction of sp³-hybridized carbons (Fsp3) is 0.222. The predicted molar refractivity (Wildman–Crippen MR) is 80.3 cm³/mol. The van der Waals surface area contributed by atoms with E-state index in [0.29, 0.717) is 0 Å². The number of esters is 1. The molecule has 118 valence electrons. The molecule has 0 aliphatic rings. The topological polar surface area (TPSA) is 50.1 Å². The lowest BCUT2D eigenvalue weighted by Crippen LogP contribution is -2.36. The molecule has 0 aliphatic carbocycles. The van der Waals surface area contributed by atoms with E-state index in [9.17, 15) is 18.8 Å². The zero-order valence-electron chi connectivity index (χ0n) is 12.6. The average molecular weight is 315 g/mol. The molecule has 3 nitrogen and oxygen atoms in total. The second-order valence-electron chi connectivity index (χ2n) is 5.22. The lowest BCUT2D eigenvalue weighted by Gasteiger charge is -2.24. The number of hydrogen-bond donors (Lipinski definition) is 0. The van der Waals surface area contributed by atoms with Gasteiger partial charge in [-0.15, -0.1) is 0 Å². The molecular formula is C18H15F2NO2. The molecule has 0 atom stereocenters. The molecule has 0 heterocycles. The van der Waals surface area contributed by atoms with Gasteiger partial charge >= 0.3 is 5.97 Å². The molecule has 5 heteroatoms. The van der Waals surface area contributed by atoms with Gasteiger partial charge in [-0.2, -0.15) is 5.26 Å². The van der Waals surface area contributed by atoms with Crippen LogP contribution in [-0.4, -0.2) is 13.1 Å². The highest BCUT2D eigenvalue weighted by Crippen LogP contribution is 2.31. The molecule has 0 amide bonds. The van der Waals surface area contributed by atoms with E-state index in [1.807, 2.05) is 6.07 Å². The van der Waals surface area contributed by atoms with Crippen molar-refractivity contribution in [1.29, 1.82) is 5.26 Å². The lowest BCUT2D eigenvalue weighted by atomic mass is 9.77. The fourth-order valence-corrected chi connectivity index (χ4v) is 2.46. The molecule has 23 heavy (non-hydrogen) atoms. The zero-order chi connectivity index (χ0) is 16.9. The summed E-state index contributed by atoms with van der Waals surface area (Å²) in [7, 11) is 1.15. The number of nitriles is 1. The Bertz CT molecular complexity index is 705. The number of ether oxygens (including phenoxy) is 1. The Morgan fingerprint density at radius 1 is 1.04 bits per heavy atom. The van der Waals surface area contributed by atoms with Crippen molar-refractivity contribution < 1.29 is 18.3 Å². The highest BCUT2D eigenvalue weighted by molar-refractivity contribution is 5.81. The van der Waals surface area contributed by atoms with Crippen LogP contribution in [0.1, 0.15) is 11.1 Å². The summed E-state index contributed by atoms with van der Waals surface area (Å²) < 4.78 is 32.5. The van der Waals surface area contributed by atoms with E-state index in [-0.39, 0.29) is 24.0 Å². The molecule has 0 fully saturated rings. The molecular weight excluding hydrogens is 300 g/mol. The molecule has 2 aromatic rings. The van der Waals surface area contributed by atoms with Gasteiger partial charge in [-0.3, -0.25) is 4.79 Å². The molecule has 0 aliphatic heterocycles. The number of halogens is 2. The fourth-order valence-electron chi connectivity index (χ4n) is 2.46. The first-order valence-corrected chi connectivity index (χ1v) is 6.99. The van der Waals surface area contributed by atoms with Gasteiger partial charge in [0.1, 0.15) is 11.6 Å². The quantitative estimate of drug-likeness (QED) is 0.794. The van der Waals surface area contributed by atoms with Crippen LogP contribution in [0.15, 0.2) is 48.5 Å². The minimum absolute atomic E-state index is 0.197. The monoisotopic (exact) mass is 315 g/mol. The summed E-state index contributed by atoms with van der Waals surface area (Å²) in [6.07, 6.45) is -0.394. The normalized spacial score (nSPS) is 10.9.